The minimum atomic E-state index is -3.26. The van der Waals surface area contributed by atoms with Crippen LogP contribution in [0, 0.1) is 0 Å². The molecule has 1 heterocycles. The second-order valence-corrected chi connectivity index (χ2v) is 7.73. The van der Waals surface area contributed by atoms with E-state index < -0.39 is 10.0 Å². The molecule has 0 bridgehead atoms. The van der Waals surface area contributed by atoms with E-state index in [-0.39, 0.29) is 19.0 Å². The van der Waals surface area contributed by atoms with Gasteiger partial charge in [0.05, 0.1) is 11.9 Å². The van der Waals surface area contributed by atoms with Gasteiger partial charge in [0, 0.05) is 28.2 Å². The van der Waals surface area contributed by atoms with Crippen LogP contribution in [-0.4, -0.2) is 33.7 Å². The predicted octanol–water partition coefficient (Wildman–Crippen LogP) is 1.42. The van der Waals surface area contributed by atoms with E-state index >= 15 is 0 Å². The number of carbonyl (C=O) groups is 1. The van der Waals surface area contributed by atoms with Crippen LogP contribution in [0.5, 0.6) is 0 Å². The lowest BCUT2D eigenvalue weighted by Crippen LogP contribution is -2.34. The highest BCUT2D eigenvalue weighted by Gasteiger charge is 2.16. The molecule has 0 fully saturated rings. The molecule has 6 nitrogen and oxygen atoms in total. The van der Waals surface area contributed by atoms with Crippen LogP contribution in [0.3, 0.4) is 0 Å². The molecule has 1 amide bonds. The second-order valence-electron chi connectivity index (χ2n) is 4.41. The summed E-state index contributed by atoms with van der Waals surface area (Å²) in [5, 5.41) is 3.91. The number of amides is 1. The molecule has 2 aromatic rings. The molecule has 9 heteroatoms. The van der Waals surface area contributed by atoms with Gasteiger partial charge in [-0.3, -0.25) is 4.79 Å². The van der Waals surface area contributed by atoms with Gasteiger partial charge in [-0.25, -0.2) is 13.1 Å². The van der Waals surface area contributed by atoms with E-state index in [0.29, 0.717) is 15.6 Å². The molecule has 0 saturated heterocycles. The molecular weight excluding hydrogens is 334 g/mol. The molecule has 0 aliphatic rings. The van der Waals surface area contributed by atoms with Crippen molar-refractivity contribution in [3.05, 3.63) is 28.1 Å². The first-order valence-corrected chi connectivity index (χ1v) is 9.07. The van der Waals surface area contributed by atoms with Gasteiger partial charge in [0.2, 0.25) is 10.0 Å². The number of hydrogen-bond acceptors (Lipinski definition) is 5. The maximum Gasteiger partial charge on any atom is 0.263 e. The molecule has 0 radical (unpaired) electrons. The number of benzene rings is 1. The summed E-state index contributed by atoms with van der Waals surface area (Å²) in [4.78, 5) is 12.4. The number of anilines is 1. The Labute approximate surface area is 131 Å². The van der Waals surface area contributed by atoms with Gasteiger partial charge in [0.25, 0.3) is 5.91 Å². The highest BCUT2D eigenvalue weighted by Crippen LogP contribution is 2.35. The quantitative estimate of drug-likeness (QED) is 0.712. The second kappa shape index (κ2) is 6.18. The molecule has 1 aromatic carbocycles. The number of fused-ring (bicyclic) bond motifs is 1. The van der Waals surface area contributed by atoms with Crippen LogP contribution < -0.4 is 15.8 Å². The Morgan fingerprint density at radius 2 is 2.10 bits per heavy atom. The van der Waals surface area contributed by atoms with Crippen LogP contribution in [0.1, 0.15) is 9.67 Å². The van der Waals surface area contributed by atoms with Crippen LogP contribution in [0.2, 0.25) is 5.02 Å². The Morgan fingerprint density at radius 3 is 2.76 bits per heavy atom. The Kier molecular flexibility index (Phi) is 4.72. The van der Waals surface area contributed by atoms with Gasteiger partial charge in [-0.05, 0) is 18.2 Å². The fourth-order valence-corrected chi connectivity index (χ4v) is 3.41. The Bertz CT molecular complexity index is 786. The Hall–Kier alpha value is -1.35. The summed E-state index contributed by atoms with van der Waals surface area (Å²) < 4.78 is 25.0. The number of sulfonamides is 1. The highest BCUT2D eigenvalue weighted by atomic mass is 35.5. The van der Waals surface area contributed by atoms with Crippen LogP contribution in [0.15, 0.2) is 18.2 Å². The molecule has 0 spiro atoms. The van der Waals surface area contributed by atoms with E-state index in [1.807, 2.05) is 0 Å². The maximum atomic E-state index is 12.1. The smallest absolute Gasteiger partial charge is 0.263 e. The van der Waals surface area contributed by atoms with Crippen molar-refractivity contribution in [1.82, 2.24) is 10.0 Å². The van der Waals surface area contributed by atoms with Crippen LogP contribution >= 0.6 is 22.9 Å². The molecule has 1 aromatic heterocycles. The third-order valence-corrected chi connectivity index (χ3v) is 4.82. The zero-order valence-electron chi connectivity index (χ0n) is 11.1. The minimum absolute atomic E-state index is 0.126. The molecule has 0 aliphatic carbocycles. The standard InChI is InChI=1S/C12H14ClN3O3S2/c1-21(18,19)16-5-4-15-12(17)11-10(14)8-6-7(13)2-3-9(8)20-11/h2-3,6,16H,4-5,14H2,1H3,(H,15,17). The van der Waals surface area contributed by atoms with Crippen LogP contribution in [-0.2, 0) is 10.0 Å². The Morgan fingerprint density at radius 1 is 1.38 bits per heavy atom. The number of carbonyl (C=O) groups excluding carboxylic acids is 1. The van der Waals surface area contributed by atoms with Crippen molar-refractivity contribution in [2.75, 3.05) is 25.1 Å². The number of nitrogens with two attached hydrogens (primary N) is 1. The molecular formula is C12H14ClN3O3S2. The SMILES string of the molecule is CS(=O)(=O)NCCNC(=O)c1sc2ccc(Cl)cc2c1N. The summed E-state index contributed by atoms with van der Waals surface area (Å²) in [7, 11) is -3.26. The summed E-state index contributed by atoms with van der Waals surface area (Å²) >= 11 is 7.18. The predicted molar refractivity (Wildman–Crippen MR) is 86.4 cm³/mol. The fourth-order valence-electron chi connectivity index (χ4n) is 1.75. The van der Waals surface area contributed by atoms with Crippen molar-refractivity contribution in [1.29, 1.82) is 0 Å². The Balaban J connectivity index is 2.08. The van der Waals surface area contributed by atoms with Gasteiger partial charge in [-0.15, -0.1) is 11.3 Å². The molecule has 0 saturated carbocycles. The number of nitrogens with one attached hydrogen (secondary N) is 2. The summed E-state index contributed by atoms with van der Waals surface area (Å²) in [5.74, 6) is -0.333. The average Bonchev–Trinajstić information content (AvgIpc) is 2.71. The minimum Gasteiger partial charge on any atom is -0.397 e. The van der Waals surface area contributed by atoms with Gasteiger partial charge in [-0.2, -0.15) is 0 Å². The first kappa shape index (κ1) is 16.0. The lowest BCUT2D eigenvalue weighted by Gasteiger charge is -2.04. The fraction of sp³-hybridized carbons (Fsp3) is 0.250. The van der Waals surface area contributed by atoms with E-state index in [9.17, 15) is 13.2 Å². The van der Waals surface area contributed by atoms with Gasteiger partial charge in [-0.1, -0.05) is 11.6 Å². The van der Waals surface area contributed by atoms with Crippen molar-refractivity contribution in [3.63, 3.8) is 0 Å². The third kappa shape index (κ3) is 4.07. The number of halogens is 1. The first-order valence-electron chi connectivity index (χ1n) is 5.98. The number of thiophene rings is 1. The molecule has 0 aliphatic heterocycles. The largest absolute Gasteiger partial charge is 0.397 e. The van der Waals surface area contributed by atoms with Gasteiger partial charge < -0.3 is 11.1 Å². The lowest BCUT2D eigenvalue weighted by atomic mass is 10.2. The van der Waals surface area contributed by atoms with Crippen molar-refractivity contribution in [2.45, 2.75) is 0 Å². The zero-order chi connectivity index (χ0) is 15.6. The average molecular weight is 348 g/mol. The topological polar surface area (TPSA) is 101 Å². The van der Waals surface area contributed by atoms with Crippen molar-refractivity contribution >= 4 is 54.6 Å². The molecule has 114 valence electrons. The van der Waals surface area contributed by atoms with E-state index in [1.54, 1.807) is 18.2 Å². The van der Waals surface area contributed by atoms with Crippen LogP contribution in [0.4, 0.5) is 5.69 Å². The van der Waals surface area contributed by atoms with Crippen molar-refractivity contribution in [2.24, 2.45) is 0 Å². The molecule has 2 rings (SSSR count). The summed E-state index contributed by atoms with van der Waals surface area (Å²) in [5.41, 5.74) is 6.34. The van der Waals surface area contributed by atoms with E-state index in [1.165, 1.54) is 11.3 Å². The summed E-state index contributed by atoms with van der Waals surface area (Å²) in [6.07, 6.45) is 1.06. The normalized spacial score (nSPS) is 11.7. The lowest BCUT2D eigenvalue weighted by molar-refractivity contribution is 0.0959. The summed E-state index contributed by atoms with van der Waals surface area (Å²) in [6, 6.07) is 5.25. The van der Waals surface area contributed by atoms with Crippen LogP contribution in [0.25, 0.3) is 10.1 Å². The van der Waals surface area contributed by atoms with E-state index in [2.05, 4.69) is 10.0 Å². The third-order valence-electron chi connectivity index (χ3n) is 2.67. The maximum absolute atomic E-state index is 12.1. The van der Waals surface area contributed by atoms with E-state index in [0.717, 1.165) is 16.3 Å². The monoisotopic (exact) mass is 347 g/mol. The molecule has 4 N–H and O–H groups in total. The zero-order valence-corrected chi connectivity index (χ0v) is 13.5. The summed E-state index contributed by atoms with van der Waals surface area (Å²) in [6.45, 7) is 0.307. The van der Waals surface area contributed by atoms with Crippen molar-refractivity contribution in [3.8, 4) is 0 Å². The van der Waals surface area contributed by atoms with Gasteiger partial charge in [0.15, 0.2) is 0 Å². The van der Waals surface area contributed by atoms with Crippen molar-refractivity contribution < 1.29 is 13.2 Å². The molecule has 0 unspecified atom stereocenters. The van der Waals surface area contributed by atoms with Gasteiger partial charge >= 0.3 is 0 Å². The number of rotatable bonds is 5. The molecule has 21 heavy (non-hydrogen) atoms. The van der Waals surface area contributed by atoms with E-state index in [4.69, 9.17) is 17.3 Å². The molecule has 0 atom stereocenters. The number of nitrogen functional groups attached to an aromatic ring is 1. The first-order chi connectivity index (χ1) is 9.78. The number of hydrogen-bond donors (Lipinski definition) is 3. The highest BCUT2D eigenvalue weighted by molar-refractivity contribution is 7.88. The van der Waals surface area contributed by atoms with Gasteiger partial charge in [0.1, 0.15) is 4.88 Å².